The maximum atomic E-state index is 9.40. The van der Waals surface area contributed by atoms with Crippen LogP contribution < -0.4 is 5.73 Å². The second-order valence-corrected chi connectivity index (χ2v) is 3.72. The Balaban J connectivity index is 0.00000121. The summed E-state index contributed by atoms with van der Waals surface area (Å²) in [6.45, 7) is 6.00. The van der Waals surface area contributed by atoms with Crippen LogP contribution in [-0.4, -0.2) is 11.2 Å². The molecule has 0 amide bonds. The highest BCUT2D eigenvalue weighted by atomic mass is 35.5. The fourth-order valence-electron chi connectivity index (χ4n) is 1.12. The molecule has 0 saturated heterocycles. The molecule has 0 aliphatic heterocycles. The van der Waals surface area contributed by atoms with Gasteiger partial charge >= 0.3 is 0 Å². The number of hydrogen-bond donors (Lipinski definition) is 2. The average Bonchev–Trinajstić information content (AvgIpc) is 2.34. The van der Waals surface area contributed by atoms with E-state index in [0.29, 0.717) is 17.1 Å². The number of hydrogen-bond acceptors (Lipinski definition) is 2. The fraction of sp³-hybridized carbons (Fsp3) is 0.429. The fourth-order valence-corrected chi connectivity index (χ4v) is 1.30. The lowest BCUT2D eigenvalue weighted by Gasteiger charge is -1.99. The maximum Gasteiger partial charge on any atom is 0.115 e. The first-order valence-electron chi connectivity index (χ1n) is 5.88. The Kier molecular flexibility index (Phi) is 8.31. The smallest absolute Gasteiger partial charge is 0.115 e. The van der Waals surface area contributed by atoms with Crippen molar-refractivity contribution < 1.29 is 5.11 Å². The highest BCUT2D eigenvalue weighted by Gasteiger charge is 1.97. The summed E-state index contributed by atoms with van der Waals surface area (Å²) in [4.78, 5) is 0. The van der Waals surface area contributed by atoms with Crippen molar-refractivity contribution >= 4 is 17.3 Å². The van der Waals surface area contributed by atoms with Gasteiger partial charge in [-0.3, -0.25) is 0 Å². The van der Waals surface area contributed by atoms with Crippen LogP contribution in [0.2, 0.25) is 5.02 Å². The molecule has 1 unspecified atom stereocenters. The molecule has 0 bridgehead atoms. The van der Waals surface area contributed by atoms with E-state index < -0.39 is 6.10 Å². The molecule has 0 saturated carbocycles. The van der Waals surface area contributed by atoms with E-state index in [9.17, 15) is 5.11 Å². The standard InChI is InChI=1S/C12H14ClNO.C2H6/c1-2-3-10(15)6-4-9-5-7-12(14)11(13)8-9;1-2/h5,7-8,10,15H,2-3,14H2,1H3;1-2H3. The Labute approximate surface area is 109 Å². The highest BCUT2D eigenvalue weighted by molar-refractivity contribution is 6.33. The van der Waals surface area contributed by atoms with Gasteiger partial charge in [0.25, 0.3) is 0 Å². The Morgan fingerprint density at radius 2 is 2.06 bits per heavy atom. The quantitative estimate of drug-likeness (QED) is 0.626. The van der Waals surface area contributed by atoms with E-state index >= 15 is 0 Å². The van der Waals surface area contributed by atoms with Crippen LogP contribution in [0.15, 0.2) is 18.2 Å². The van der Waals surface area contributed by atoms with E-state index in [1.807, 2.05) is 20.8 Å². The van der Waals surface area contributed by atoms with Crippen molar-refractivity contribution in [2.45, 2.75) is 39.7 Å². The van der Waals surface area contributed by atoms with Gasteiger partial charge in [0.15, 0.2) is 0 Å². The summed E-state index contributed by atoms with van der Waals surface area (Å²) in [5.74, 6) is 5.61. The molecule has 0 radical (unpaired) electrons. The molecule has 0 aliphatic carbocycles. The number of rotatable bonds is 2. The minimum atomic E-state index is -0.564. The molecule has 0 fully saturated rings. The van der Waals surface area contributed by atoms with E-state index in [1.165, 1.54) is 0 Å². The molecule has 0 aliphatic rings. The number of aliphatic hydroxyl groups excluding tert-OH is 1. The predicted octanol–water partition coefficient (Wildman–Crippen LogP) is 3.46. The van der Waals surface area contributed by atoms with Gasteiger partial charge < -0.3 is 10.8 Å². The highest BCUT2D eigenvalue weighted by Crippen LogP contribution is 2.18. The van der Waals surface area contributed by atoms with Gasteiger partial charge in [-0.1, -0.05) is 50.6 Å². The number of benzene rings is 1. The van der Waals surface area contributed by atoms with Crippen molar-refractivity contribution in [3.05, 3.63) is 28.8 Å². The second-order valence-electron chi connectivity index (χ2n) is 3.31. The van der Waals surface area contributed by atoms with Crippen LogP contribution in [0.1, 0.15) is 39.2 Å². The zero-order valence-corrected chi connectivity index (χ0v) is 11.4. The molecule has 2 nitrogen and oxygen atoms in total. The van der Waals surface area contributed by atoms with E-state index in [0.717, 1.165) is 12.0 Å². The molecular formula is C14H20ClNO. The van der Waals surface area contributed by atoms with Gasteiger partial charge in [-0.2, -0.15) is 0 Å². The van der Waals surface area contributed by atoms with Crippen LogP contribution in [0, 0.1) is 11.8 Å². The maximum absolute atomic E-state index is 9.40. The van der Waals surface area contributed by atoms with Gasteiger partial charge in [0.1, 0.15) is 6.10 Å². The molecular weight excluding hydrogens is 234 g/mol. The van der Waals surface area contributed by atoms with E-state index in [1.54, 1.807) is 18.2 Å². The third-order valence-corrected chi connectivity index (χ3v) is 2.27. The van der Waals surface area contributed by atoms with Gasteiger partial charge in [0.2, 0.25) is 0 Å². The Hall–Kier alpha value is -1.17. The third-order valence-electron chi connectivity index (χ3n) is 1.95. The topological polar surface area (TPSA) is 46.2 Å². The molecule has 1 rings (SSSR count). The normalized spacial score (nSPS) is 10.6. The molecule has 17 heavy (non-hydrogen) atoms. The van der Waals surface area contributed by atoms with Crippen molar-refractivity contribution in [2.24, 2.45) is 0 Å². The molecule has 0 aromatic heterocycles. The Morgan fingerprint density at radius 3 is 2.59 bits per heavy atom. The minimum Gasteiger partial charge on any atom is -0.398 e. The van der Waals surface area contributed by atoms with Crippen molar-refractivity contribution in [3.63, 3.8) is 0 Å². The summed E-state index contributed by atoms with van der Waals surface area (Å²) in [5, 5.41) is 9.90. The average molecular weight is 254 g/mol. The van der Waals surface area contributed by atoms with Gasteiger partial charge in [-0.25, -0.2) is 0 Å². The number of aliphatic hydroxyl groups is 1. The Morgan fingerprint density at radius 1 is 1.41 bits per heavy atom. The van der Waals surface area contributed by atoms with Gasteiger partial charge in [0, 0.05) is 5.56 Å². The number of anilines is 1. The summed E-state index contributed by atoms with van der Waals surface area (Å²) in [6.07, 6.45) is 1.04. The number of halogens is 1. The first-order chi connectivity index (χ1) is 8.13. The van der Waals surface area contributed by atoms with Gasteiger partial charge in [-0.15, -0.1) is 0 Å². The van der Waals surface area contributed by atoms with Crippen LogP contribution in [0.3, 0.4) is 0 Å². The minimum absolute atomic E-state index is 0.492. The van der Waals surface area contributed by atoms with Crippen LogP contribution in [0.5, 0.6) is 0 Å². The lowest BCUT2D eigenvalue weighted by atomic mass is 10.1. The first-order valence-corrected chi connectivity index (χ1v) is 6.26. The van der Waals surface area contributed by atoms with E-state index in [-0.39, 0.29) is 0 Å². The molecule has 1 aromatic rings. The summed E-state index contributed by atoms with van der Waals surface area (Å²) in [7, 11) is 0. The van der Waals surface area contributed by atoms with Crippen molar-refractivity contribution in [3.8, 4) is 11.8 Å². The van der Waals surface area contributed by atoms with Crippen molar-refractivity contribution in [1.82, 2.24) is 0 Å². The SMILES string of the molecule is CC.CCCC(O)C#Cc1ccc(N)c(Cl)c1. The van der Waals surface area contributed by atoms with Crippen LogP contribution in [0.25, 0.3) is 0 Å². The molecule has 1 atom stereocenters. The summed E-state index contributed by atoms with van der Waals surface area (Å²) in [5.41, 5.74) is 6.87. The molecule has 94 valence electrons. The summed E-state index contributed by atoms with van der Waals surface area (Å²) >= 11 is 5.84. The predicted molar refractivity (Wildman–Crippen MR) is 75.0 cm³/mol. The summed E-state index contributed by atoms with van der Waals surface area (Å²) in [6, 6.07) is 5.19. The van der Waals surface area contributed by atoms with Gasteiger partial charge in [0.05, 0.1) is 10.7 Å². The van der Waals surface area contributed by atoms with Crippen LogP contribution in [-0.2, 0) is 0 Å². The Bertz CT molecular complexity index is 393. The lowest BCUT2D eigenvalue weighted by Crippen LogP contribution is -2.00. The zero-order chi connectivity index (χ0) is 13.3. The van der Waals surface area contributed by atoms with E-state index in [4.69, 9.17) is 17.3 Å². The van der Waals surface area contributed by atoms with Crippen molar-refractivity contribution in [1.29, 1.82) is 0 Å². The molecule has 0 spiro atoms. The second kappa shape index (κ2) is 8.92. The van der Waals surface area contributed by atoms with Crippen LogP contribution >= 0.6 is 11.6 Å². The van der Waals surface area contributed by atoms with Crippen molar-refractivity contribution in [2.75, 3.05) is 5.73 Å². The monoisotopic (exact) mass is 253 g/mol. The zero-order valence-electron chi connectivity index (χ0n) is 10.6. The number of nitrogen functional groups attached to an aromatic ring is 1. The lowest BCUT2D eigenvalue weighted by molar-refractivity contribution is 0.221. The number of nitrogens with two attached hydrogens (primary N) is 1. The third kappa shape index (κ3) is 6.21. The van der Waals surface area contributed by atoms with Gasteiger partial charge in [-0.05, 0) is 24.6 Å². The van der Waals surface area contributed by atoms with E-state index in [2.05, 4.69) is 11.8 Å². The first kappa shape index (κ1) is 15.8. The summed E-state index contributed by atoms with van der Waals surface area (Å²) < 4.78 is 0. The molecule has 3 heteroatoms. The molecule has 0 heterocycles. The molecule has 3 N–H and O–H groups in total. The molecule has 1 aromatic carbocycles. The largest absolute Gasteiger partial charge is 0.398 e. The van der Waals surface area contributed by atoms with Crippen LogP contribution in [0.4, 0.5) is 5.69 Å².